The van der Waals surface area contributed by atoms with Crippen molar-refractivity contribution in [1.82, 2.24) is 4.90 Å². The van der Waals surface area contributed by atoms with Crippen LogP contribution in [-0.2, 0) is 23.7 Å². The van der Waals surface area contributed by atoms with Gasteiger partial charge in [0.05, 0.1) is 13.2 Å². The second-order valence-corrected chi connectivity index (χ2v) is 5.45. The quantitative estimate of drug-likeness (QED) is 0.666. The number of hydrogen-bond donors (Lipinski definition) is 1. The van der Waals surface area contributed by atoms with Gasteiger partial charge in [0.1, 0.15) is 12.2 Å². The molecule has 0 aliphatic carbocycles. The van der Waals surface area contributed by atoms with Gasteiger partial charge < -0.3 is 29.0 Å². The topological polar surface area (TPSA) is 77.5 Å². The van der Waals surface area contributed by atoms with Crippen molar-refractivity contribution < 1.29 is 28.8 Å². The minimum atomic E-state index is -0.998. The highest BCUT2D eigenvalue weighted by Gasteiger charge is 2.56. The van der Waals surface area contributed by atoms with Gasteiger partial charge in [-0.3, -0.25) is 4.79 Å². The van der Waals surface area contributed by atoms with Gasteiger partial charge in [-0.25, -0.2) is 0 Å². The lowest BCUT2D eigenvalue weighted by Crippen LogP contribution is -2.50. The fraction of sp³-hybridized carbons (Fsp3) is 0.917. The molecule has 3 saturated heterocycles. The summed E-state index contributed by atoms with van der Waals surface area (Å²) in [5, 5.41) is 10.2. The summed E-state index contributed by atoms with van der Waals surface area (Å²) < 4.78 is 21.8. The van der Waals surface area contributed by atoms with Crippen molar-refractivity contribution in [3.8, 4) is 0 Å². The Morgan fingerprint density at radius 2 is 1.95 bits per heavy atom. The van der Waals surface area contributed by atoms with Crippen molar-refractivity contribution in [2.24, 2.45) is 0 Å². The molecule has 0 saturated carbocycles. The van der Waals surface area contributed by atoms with Crippen LogP contribution < -0.4 is 0 Å². The molecule has 7 heteroatoms. The molecule has 3 fully saturated rings. The van der Waals surface area contributed by atoms with Crippen LogP contribution in [-0.4, -0.2) is 72.6 Å². The number of aliphatic hydroxyl groups excluding tert-OH is 1. The monoisotopic (exact) mass is 273 g/mol. The highest BCUT2D eigenvalue weighted by molar-refractivity contribution is 5.82. The molecule has 0 aromatic heterocycles. The van der Waals surface area contributed by atoms with Crippen LogP contribution in [0.5, 0.6) is 0 Å². The zero-order chi connectivity index (χ0) is 13.6. The first-order chi connectivity index (χ1) is 8.98. The van der Waals surface area contributed by atoms with Gasteiger partial charge in [-0.2, -0.15) is 0 Å². The van der Waals surface area contributed by atoms with Crippen LogP contribution in [0.2, 0.25) is 0 Å². The number of aliphatic hydroxyl groups is 1. The van der Waals surface area contributed by atoms with Gasteiger partial charge in [0.2, 0.25) is 0 Å². The maximum absolute atomic E-state index is 12.3. The summed E-state index contributed by atoms with van der Waals surface area (Å²) in [6, 6.07) is 0. The van der Waals surface area contributed by atoms with Crippen LogP contribution in [0.15, 0.2) is 0 Å². The predicted octanol–water partition coefficient (Wildman–Crippen LogP) is -0.917. The number of morpholine rings is 1. The van der Waals surface area contributed by atoms with E-state index >= 15 is 0 Å². The van der Waals surface area contributed by atoms with Crippen LogP contribution in [0.4, 0.5) is 0 Å². The van der Waals surface area contributed by atoms with Gasteiger partial charge in [-0.1, -0.05) is 0 Å². The molecule has 3 aliphatic rings. The molecule has 4 atom stereocenters. The third-order valence-electron chi connectivity index (χ3n) is 3.58. The first-order valence-electron chi connectivity index (χ1n) is 6.54. The van der Waals surface area contributed by atoms with Gasteiger partial charge in [-0.15, -0.1) is 0 Å². The average Bonchev–Trinajstić information content (AvgIpc) is 2.84. The van der Waals surface area contributed by atoms with Crippen molar-refractivity contribution in [3.63, 3.8) is 0 Å². The van der Waals surface area contributed by atoms with Crippen LogP contribution in [0, 0.1) is 0 Å². The fourth-order valence-corrected chi connectivity index (χ4v) is 2.66. The van der Waals surface area contributed by atoms with Gasteiger partial charge in [0.15, 0.2) is 18.2 Å². The molecular weight excluding hydrogens is 254 g/mol. The van der Waals surface area contributed by atoms with Crippen molar-refractivity contribution >= 4 is 5.91 Å². The summed E-state index contributed by atoms with van der Waals surface area (Å²) >= 11 is 0. The van der Waals surface area contributed by atoms with E-state index in [0.29, 0.717) is 26.3 Å². The Hall–Kier alpha value is -0.730. The summed E-state index contributed by atoms with van der Waals surface area (Å²) in [5.74, 6) is -1.02. The summed E-state index contributed by atoms with van der Waals surface area (Å²) in [4.78, 5) is 13.9. The van der Waals surface area contributed by atoms with Crippen molar-refractivity contribution in [2.75, 3.05) is 26.3 Å². The molecule has 0 spiro atoms. The van der Waals surface area contributed by atoms with Crippen molar-refractivity contribution in [3.05, 3.63) is 0 Å². The number of ether oxygens (including phenoxy) is 4. The predicted molar refractivity (Wildman–Crippen MR) is 62.1 cm³/mol. The van der Waals surface area contributed by atoms with Gasteiger partial charge in [-0.05, 0) is 13.8 Å². The van der Waals surface area contributed by atoms with E-state index in [-0.39, 0.29) is 5.91 Å². The molecule has 108 valence electrons. The van der Waals surface area contributed by atoms with Gasteiger partial charge >= 0.3 is 0 Å². The third kappa shape index (κ3) is 2.36. The largest absolute Gasteiger partial charge is 0.387 e. The molecule has 7 nitrogen and oxygen atoms in total. The molecular formula is C12H19NO6. The van der Waals surface area contributed by atoms with Crippen LogP contribution in [0.25, 0.3) is 0 Å². The molecule has 0 bridgehead atoms. The first-order valence-corrected chi connectivity index (χ1v) is 6.54. The zero-order valence-corrected chi connectivity index (χ0v) is 11.1. The first kappa shape index (κ1) is 13.3. The number of nitrogens with zero attached hydrogens (tertiary/aromatic N) is 1. The molecule has 0 aromatic carbocycles. The lowest BCUT2D eigenvalue weighted by atomic mass is 10.1. The number of amides is 1. The number of carbonyl (C=O) groups is 1. The van der Waals surface area contributed by atoms with E-state index in [0.717, 1.165) is 0 Å². The van der Waals surface area contributed by atoms with E-state index < -0.39 is 30.4 Å². The Labute approximate surface area is 111 Å². The highest BCUT2D eigenvalue weighted by atomic mass is 16.8. The Kier molecular flexibility index (Phi) is 3.26. The van der Waals surface area contributed by atoms with Gasteiger partial charge in [0.25, 0.3) is 5.91 Å². The van der Waals surface area contributed by atoms with E-state index in [9.17, 15) is 9.90 Å². The molecule has 0 unspecified atom stereocenters. The second kappa shape index (κ2) is 4.68. The van der Waals surface area contributed by atoms with Crippen LogP contribution in [0.1, 0.15) is 13.8 Å². The normalized spacial score (nSPS) is 41.3. The summed E-state index contributed by atoms with van der Waals surface area (Å²) in [7, 11) is 0. The highest BCUT2D eigenvalue weighted by Crippen LogP contribution is 2.37. The van der Waals surface area contributed by atoms with E-state index in [1.807, 2.05) is 0 Å². The second-order valence-electron chi connectivity index (χ2n) is 5.45. The van der Waals surface area contributed by atoms with Crippen LogP contribution >= 0.6 is 0 Å². The summed E-state index contributed by atoms with van der Waals surface area (Å²) in [6.07, 6.45) is -3.20. The molecule has 0 radical (unpaired) electrons. The van der Waals surface area contributed by atoms with Crippen molar-refractivity contribution in [1.29, 1.82) is 0 Å². The van der Waals surface area contributed by atoms with Crippen molar-refractivity contribution in [2.45, 2.75) is 44.2 Å². The smallest absolute Gasteiger partial charge is 0.254 e. The maximum atomic E-state index is 12.3. The molecule has 1 amide bonds. The average molecular weight is 273 g/mol. The molecule has 19 heavy (non-hydrogen) atoms. The number of carbonyl (C=O) groups excluding carboxylic acids is 1. The molecule has 3 rings (SSSR count). The lowest BCUT2D eigenvalue weighted by molar-refractivity contribution is -0.217. The minimum absolute atomic E-state index is 0.227. The van der Waals surface area contributed by atoms with E-state index in [1.165, 1.54) is 0 Å². The molecule has 3 aliphatic heterocycles. The molecule has 0 aromatic rings. The number of fused-ring (bicyclic) bond motifs is 1. The standard InChI is InChI=1S/C12H19NO6/c1-12(2)18-9-7(14)8(17-11(9)19-12)10(15)13-3-5-16-6-4-13/h7-9,11,14H,3-6H2,1-2H3/t7-,8-,9+,11+/m0/s1. The zero-order valence-electron chi connectivity index (χ0n) is 11.1. The Bertz CT molecular complexity index is 367. The Balaban J connectivity index is 1.66. The van der Waals surface area contributed by atoms with E-state index in [2.05, 4.69) is 0 Å². The van der Waals surface area contributed by atoms with E-state index in [1.54, 1.807) is 18.7 Å². The fourth-order valence-electron chi connectivity index (χ4n) is 2.66. The molecule has 1 N–H and O–H groups in total. The van der Waals surface area contributed by atoms with Gasteiger partial charge in [0, 0.05) is 13.1 Å². The molecule has 3 heterocycles. The number of hydrogen-bond acceptors (Lipinski definition) is 6. The van der Waals surface area contributed by atoms with Crippen LogP contribution in [0.3, 0.4) is 0 Å². The summed E-state index contributed by atoms with van der Waals surface area (Å²) in [5.41, 5.74) is 0. The summed E-state index contributed by atoms with van der Waals surface area (Å²) in [6.45, 7) is 5.57. The maximum Gasteiger partial charge on any atom is 0.254 e. The van der Waals surface area contributed by atoms with E-state index in [4.69, 9.17) is 18.9 Å². The minimum Gasteiger partial charge on any atom is -0.387 e. The third-order valence-corrected chi connectivity index (χ3v) is 3.58. The SMILES string of the molecule is CC1(C)O[C@H]2O[C@H](C(=O)N3CCOCC3)[C@H](O)[C@H]2O1. The lowest BCUT2D eigenvalue weighted by Gasteiger charge is -2.30. The Morgan fingerprint density at radius 3 is 2.58 bits per heavy atom. The Morgan fingerprint density at radius 1 is 1.26 bits per heavy atom. The number of rotatable bonds is 1.